The SMILES string of the molecule is NC(=O)N(c1cc2cc(C(=O)/N=C/CN3CCOCC3)ccc2c(-c2ccc(F)cc2F)n1)c1c(F)cccc1F. The van der Waals surface area contributed by atoms with Crippen molar-refractivity contribution in [3.8, 4) is 11.3 Å². The van der Waals surface area contributed by atoms with Gasteiger partial charge < -0.3 is 10.5 Å². The minimum Gasteiger partial charge on any atom is -0.379 e. The molecule has 12 heteroatoms. The van der Waals surface area contributed by atoms with Crippen LogP contribution in [-0.2, 0) is 4.74 Å². The Morgan fingerprint density at radius 3 is 2.39 bits per heavy atom. The van der Waals surface area contributed by atoms with E-state index in [1.165, 1.54) is 30.5 Å². The lowest BCUT2D eigenvalue weighted by Crippen LogP contribution is -2.37. The number of hydrogen-bond donors (Lipinski definition) is 1. The number of hydrogen-bond acceptors (Lipinski definition) is 5. The molecule has 1 aliphatic heterocycles. The molecule has 3 aromatic carbocycles. The van der Waals surface area contributed by atoms with E-state index in [1.54, 1.807) is 0 Å². The van der Waals surface area contributed by atoms with Crippen molar-refractivity contribution in [2.24, 2.45) is 10.7 Å². The number of pyridine rings is 1. The van der Waals surface area contributed by atoms with Crippen molar-refractivity contribution in [3.05, 3.63) is 89.5 Å². The molecule has 0 aliphatic carbocycles. The molecule has 5 rings (SSSR count). The van der Waals surface area contributed by atoms with Gasteiger partial charge in [-0.05, 0) is 47.9 Å². The van der Waals surface area contributed by atoms with Gasteiger partial charge in [-0.25, -0.2) is 37.2 Å². The number of primary amides is 1. The predicted octanol–water partition coefficient (Wildman–Crippen LogP) is 5.22. The number of aliphatic imine (C=N–C) groups is 1. The maximum absolute atomic E-state index is 14.9. The minimum absolute atomic E-state index is 0.0761. The van der Waals surface area contributed by atoms with Gasteiger partial charge in [0, 0.05) is 48.4 Å². The van der Waals surface area contributed by atoms with E-state index in [2.05, 4.69) is 14.9 Å². The largest absolute Gasteiger partial charge is 0.379 e. The van der Waals surface area contributed by atoms with Crippen LogP contribution in [0.1, 0.15) is 10.4 Å². The van der Waals surface area contributed by atoms with Crippen LogP contribution in [0.2, 0.25) is 0 Å². The van der Waals surface area contributed by atoms with Crippen molar-refractivity contribution in [1.82, 2.24) is 9.88 Å². The number of nitrogens with two attached hydrogens (primary N) is 1. The molecule has 2 heterocycles. The predicted molar refractivity (Wildman–Crippen MR) is 145 cm³/mol. The van der Waals surface area contributed by atoms with E-state index < -0.39 is 40.9 Å². The molecule has 1 aliphatic rings. The quantitative estimate of drug-likeness (QED) is 0.255. The number of nitrogens with zero attached hydrogens (tertiary/aromatic N) is 4. The van der Waals surface area contributed by atoms with Crippen LogP contribution in [-0.4, -0.2) is 60.9 Å². The van der Waals surface area contributed by atoms with Gasteiger partial charge in [0.15, 0.2) is 0 Å². The Kier molecular flexibility index (Phi) is 8.04. The molecule has 4 aromatic rings. The van der Waals surface area contributed by atoms with E-state index in [4.69, 9.17) is 10.5 Å². The van der Waals surface area contributed by atoms with Crippen molar-refractivity contribution in [2.45, 2.75) is 0 Å². The first kappa shape index (κ1) is 27.9. The number of ether oxygens (including phenoxy) is 1. The summed E-state index contributed by atoms with van der Waals surface area (Å²) in [6, 6.07) is 10.2. The summed E-state index contributed by atoms with van der Waals surface area (Å²) in [7, 11) is 0. The van der Waals surface area contributed by atoms with Gasteiger partial charge in [-0.2, -0.15) is 0 Å². The van der Waals surface area contributed by atoms with Crippen LogP contribution >= 0.6 is 0 Å². The smallest absolute Gasteiger partial charge is 0.325 e. The molecule has 41 heavy (non-hydrogen) atoms. The van der Waals surface area contributed by atoms with E-state index in [0.29, 0.717) is 49.2 Å². The van der Waals surface area contributed by atoms with E-state index in [-0.39, 0.29) is 28.0 Å². The topological polar surface area (TPSA) is 101 Å². The van der Waals surface area contributed by atoms with Crippen LogP contribution in [0.4, 0.5) is 33.9 Å². The maximum Gasteiger partial charge on any atom is 0.325 e. The van der Waals surface area contributed by atoms with Crippen LogP contribution in [0, 0.1) is 23.3 Å². The highest BCUT2D eigenvalue weighted by atomic mass is 19.1. The second-order valence-electron chi connectivity index (χ2n) is 9.16. The molecule has 0 atom stereocenters. The summed E-state index contributed by atoms with van der Waals surface area (Å²) in [5.74, 6) is -4.92. The molecule has 0 radical (unpaired) electrons. The van der Waals surface area contributed by atoms with Crippen molar-refractivity contribution in [1.29, 1.82) is 0 Å². The number of urea groups is 1. The zero-order valence-electron chi connectivity index (χ0n) is 21.5. The number of para-hydroxylation sites is 1. The molecule has 0 spiro atoms. The van der Waals surface area contributed by atoms with Crippen LogP contribution in [0.25, 0.3) is 22.0 Å². The third kappa shape index (κ3) is 5.93. The van der Waals surface area contributed by atoms with E-state index in [9.17, 15) is 27.2 Å². The molecular formula is C29H23F4N5O3. The number of morpholine rings is 1. The molecule has 0 unspecified atom stereocenters. The molecule has 3 amide bonds. The number of amides is 3. The fraction of sp³-hybridized carbons (Fsp3) is 0.172. The summed E-state index contributed by atoms with van der Waals surface area (Å²) in [4.78, 5) is 36.3. The Bertz CT molecular complexity index is 1650. The Morgan fingerprint density at radius 2 is 1.71 bits per heavy atom. The van der Waals surface area contributed by atoms with Crippen molar-refractivity contribution in [2.75, 3.05) is 37.7 Å². The molecule has 8 nitrogen and oxygen atoms in total. The van der Waals surface area contributed by atoms with Gasteiger partial charge in [0.25, 0.3) is 5.91 Å². The van der Waals surface area contributed by atoms with Crippen LogP contribution < -0.4 is 10.6 Å². The number of benzene rings is 3. The Morgan fingerprint density at radius 1 is 0.976 bits per heavy atom. The number of fused-ring (bicyclic) bond motifs is 1. The highest BCUT2D eigenvalue weighted by Crippen LogP contribution is 2.36. The Hall–Kier alpha value is -4.68. The number of anilines is 2. The zero-order valence-corrected chi connectivity index (χ0v) is 21.5. The fourth-order valence-electron chi connectivity index (χ4n) is 4.52. The lowest BCUT2D eigenvalue weighted by atomic mass is 10.0. The summed E-state index contributed by atoms with van der Waals surface area (Å²) >= 11 is 0. The molecule has 2 N–H and O–H groups in total. The zero-order chi connectivity index (χ0) is 29.1. The fourth-order valence-corrected chi connectivity index (χ4v) is 4.52. The number of aromatic nitrogens is 1. The first-order chi connectivity index (χ1) is 19.7. The molecule has 210 valence electrons. The average Bonchev–Trinajstić information content (AvgIpc) is 2.94. The van der Waals surface area contributed by atoms with Crippen LogP contribution in [0.3, 0.4) is 0 Å². The van der Waals surface area contributed by atoms with E-state index >= 15 is 0 Å². The van der Waals surface area contributed by atoms with E-state index in [0.717, 1.165) is 30.3 Å². The number of carbonyl (C=O) groups is 2. The van der Waals surface area contributed by atoms with Gasteiger partial charge in [0.1, 0.15) is 34.8 Å². The van der Waals surface area contributed by atoms with Crippen molar-refractivity contribution < 1.29 is 31.9 Å². The lowest BCUT2D eigenvalue weighted by Gasteiger charge is -2.24. The van der Waals surface area contributed by atoms with Gasteiger partial charge in [-0.3, -0.25) is 9.69 Å². The monoisotopic (exact) mass is 565 g/mol. The van der Waals surface area contributed by atoms with E-state index in [1.807, 2.05) is 0 Å². The normalized spacial score (nSPS) is 14.0. The summed E-state index contributed by atoms with van der Waals surface area (Å²) < 4.78 is 63.4. The number of rotatable bonds is 6. The first-order valence-corrected chi connectivity index (χ1v) is 12.5. The third-order valence-corrected chi connectivity index (χ3v) is 6.51. The molecular weight excluding hydrogens is 542 g/mol. The standard InChI is InChI=1S/C29H23F4N5O3/c30-19-5-7-21(24(33)16-19)26-20-6-4-17(28(39)35-8-9-37-10-12-41-13-11-37)14-18(20)15-25(36-26)38(29(34)40)27-22(31)2-1-3-23(27)32/h1-8,14-16H,9-13H2,(H2,34,40)/b35-8+. The molecule has 1 aromatic heterocycles. The molecule has 0 bridgehead atoms. The molecule has 1 saturated heterocycles. The summed E-state index contributed by atoms with van der Waals surface area (Å²) in [5.41, 5.74) is 4.65. The van der Waals surface area contributed by atoms with Crippen molar-refractivity contribution in [3.63, 3.8) is 0 Å². The summed E-state index contributed by atoms with van der Waals surface area (Å²) in [6.45, 7) is 3.08. The van der Waals surface area contributed by atoms with Crippen LogP contribution in [0.5, 0.6) is 0 Å². The summed E-state index contributed by atoms with van der Waals surface area (Å²) in [5, 5.41) is 0.567. The summed E-state index contributed by atoms with van der Waals surface area (Å²) in [6.07, 6.45) is 1.49. The van der Waals surface area contributed by atoms with Gasteiger partial charge in [0.2, 0.25) is 0 Å². The van der Waals surface area contributed by atoms with Crippen LogP contribution in [0.15, 0.2) is 65.7 Å². The average molecular weight is 566 g/mol. The molecule has 0 saturated carbocycles. The van der Waals surface area contributed by atoms with Gasteiger partial charge in [0.05, 0.1) is 18.9 Å². The minimum atomic E-state index is -1.27. The highest BCUT2D eigenvalue weighted by Gasteiger charge is 2.26. The Labute approximate surface area is 231 Å². The van der Waals surface area contributed by atoms with Gasteiger partial charge in [-0.1, -0.05) is 12.1 Å². The first-order valence-electron chi connectivity index (χ1n) is 12.5. The van der Waals surface area contributed by atoms with Crippen molar-refractivity contribution >= 4 is 40.4 Å². The molecule has 1 fully saturated rings. The number of halogens is 4. The van der Waals surface area contributed by atoms with Gasteiger partial charge >= 0.3 is 6.03 Å². The second kappa shape index (κ2) is 11.8. The third-order valence-electron chi connectivity index (χ3n) is 6.51. The highest BCUT2D eigenvalue weighted by molar-refractivity contribution is 6.06. The number of carbonyl (C=O) groups excluding carboxylic acids is 2. The second-order valence-corrected chi connectivity index (χ2v) is 9.16. The van der Waals surface area contributed by atoms with Gasteiger partial charge in [-0.15, -0.1) is 0 Å². The maximum atomic E-state index is 14.9. The lowest BCUT2D eigenvalue weighted by molar-refractivity contribution is 0.0457. The Balaban J connectivity index is 1.63.